The molecule has 3 aromatic carbocycles. The monoisotopic (exact) mass is 582 g/mol. The van der Waals surface area contributed by atoms with E-state index in [4.69, 9.17) is 22.1 Å². The Labute approximate surface area is 263 Å². The Hall–Kier alpha value is -2.95. The van der Waals surface area contributed by atoms with Crippen LogP contribution in [0, 0.1) is 0 Å². The summed E-state index contributed by atoms with van der Waals surface area (Å²) in [6, 6.07) is 25.3. The number of fused-ring (bicyclic) bond motifs is 1. The van der Waals surface area contributed by atoms with Gasteiger partial charge in [0.1, 0.15) is 18.2 Å². The summed E-state index contributed by atoms with van der Waals surface area (Å²) < 4.78 is 6.14. The fraction of sp³-hybridized carbons (Fsp3) is 0.207. The van der Waals surface area contributed by atoms with Crippen LogP contribution in [0.5, 0.6) is 5.75 Å². The van der Waals surface area contributed by atoms with Crippen molar-refractivity contribution in [2.24, 2.45) is 5.73 Å². The summed E-state index contributed by atoms with van der Waals surface area (Å²) in [5, 5.41) is 16.0. The summed E-state index contributed by atoms with van der Waals surface area (Å²) in [5.74, 6) is 1.94. The number of halogens is 1. The Morgan fingerprint density at radius 1 is 1.02 bits per heavy atom. The van der Waals surface area contributed by atoms with Crippen molar-refractivity contribution in [3.63, 3.8) is 0 Å². The summed E-state index contributed by atoms with van der Waals surface area (Å²) in [5.41, 5.74) is 9.93. The minimum atomic E-state index is -0.410. The number of tetrazole rings is 1. The van der Waals surface area contributed by atoms with Gasteiger partial charge in [-0.15, -0.1) is 5.10 Å². The van der Waals surface area contributed by atoms with Crippen LogP contribution in [-0.2, 0) is 19.4 Å². The van der Waals surface area contributed by atoms with E-state index >= 15 is 0 Å². The van der Waals surface area contributed by atoms with Crippen molar-refractivity contribution >= 4 is 69.7 Å². The van der Waals surface area contributed by atoms with Crippen LogP contribution in [-0.4, -0.2) is 66.8 Å². The van der Waals surface area contributed by atoms with E-state index in [0.717, 1.165) is 64.3 Å². The number of ether oxygens (including phenoxy) is 1. The second-order valence-electron chi connectivity index (χ2n) is 9.02. The van der Waals surface area contributed by atoms with Gasteiger partial charge in [-0.1, -0.05) is 54.1 Å². The molecule has 0 bridgehead atoms. The van der Waals surface area contributed by atoms with E-state index in [-0.39, 0.29) is 34.8 Å². The van der Waals surface area contributed by atoms with E-state index < -0.39 is 5.91 Å². The number of aromatic nitrogens is 5. The first kappa shape index (κ1) is 30.0. The average Bonchev–Trinajstić information content (AvgIpc) is 3.47. The van der Waals surface area contributed by atoms with Crippen LogP contribution in [0.2, 0.25) is 5.02 Å². The number of carbonyl (C=O) groups excluding carboxylic acids is 1. The van der Waals surface area contributed by atoms with Crippen LogP contribution >= 0.6 is 23.4 Å². The average molecular weight is 583 g/mol. The third-order valence-electron chi connectivity index (χ3n) is 6.33. The van der Waals surface area contributed by atoms with E-state index in [1.54, 1.807) is 6.07 Å². The summed E-state index contributed by atoms with van der Waals surface area (Å²) in [7, 11) is 0. The normalized spacial score (nSPS) is 11.6. The second kappa shape index (κ2) is 14.6. The summed E-state index contributed by atoms with van der Waals surface area (Å²) >= 11 is 7.96. The van der Waals surface area contributed by atoms with Gasteiger partial charge < -0.3 is 10.5 Å². The Balaban J connectivity index is 0.00000370. The van der Waals surface area contributed by atoms with Crippen molar-refractivity contribution in [1.29, 1.82) is 0 Å². The van der Waals surface area contributed by atoms with Crippen LogP contribution in [0.25, 0.3) is 10.9 Å². The van der Waals surface area contributed by atoms with Gasteiger partial charge in [0.15, 0.2) is 0 Å². The molecule has 1 unspecified atom stereocenters. The molecule has 3 N–H and O–H groups in total. The standard InChI is InChI=1S/C29H27ClN6O2S.Na.H/c30-22-11-8-20-9-12-23(32-26(20)17-22)18-38-24-6-3-5-21(16-24)27(39-15-14-28-33-35-36-34-28)13-10-19-4-1-2-7-25(19)29(31)37;;/h1-9,11-12,16-17,27H,10,13-15,18H2,(H2,31,37)(H,33,34,35,36);;. The molecule has 1 atom stereocenters. The molecule has 0 saturated carbocycles. The number of benzene rings is 3. The van der Waals surface area contributed by atoms with Gasteiger partial charge >= 0.3 is 29.6 Å². The Bertz CT molecular complexity index is 1570. The third kappa shape index (κ3) is 8.05. The molecule has 2 aromatic heterocycles. The quantitative estimate of drug-likeness (QED) is 0.197. The number of aryl methyl sites for hydroxylation is 2. The molecule has 200 valence electrons. The molecule has 5 aromatic rings. The fourth-order valence-corrected chi connectivity index (χ4v) is 5.75. The fourth-order valence-electron chi connectivity index (χ4n) is 4.37. The molecule has 0 aliphatic rings. The number of H-pyrrole nitrogens is 1. The molecule has 8 nitrogen and oxygen atoms in total. The van der Waals surface area contributed by atoms with Gasteiger partial charge in [0.25, 0.3) is 0 Å². The van der Waals surface area contributed by atoms with Crippen molar-refractivity contribution in [2.75, 3.05) is 5.75 Å². The molecule has 0 aliphatic heterocycles. The Morgan fingerprint density at radius 2 is 1.88 bits per heavy atom. The zero-order valence-electron chi connectivity index (χ0n) is 21.1. The number of nitrogens with two attached hydrogens (primary N) is 1. The molecule has 2 heterocycles. The minimum absolute atomic E-state index is 0. The van der Waals surface area contributed by atoms with Gasteiger partial charge in [-0.25, -0.2) is 10.1 Å². The molecule has 40 heavy (non-hydrogen) atoms. The summed E-state index contributed by atoms with van der Waals surface area (Å²) in [6.45, 7) is 0.341. The molecule has 0 spiro atoms. The van der Waals surface area contributed by atoms with Gasteiger partial charge in [0.05, 0.1) is 11.2 Å². The number of thioether (sulfide) groups is 1. The summed E-state index contributed by atoms with van der Waals surface area (Å²) in [4.78, 5) is 16.6. The Kier molecular flexibility index (Phi) is 11.0. The van der Waals surface area contributed by atoms with Crippen LogP contribution < -0.4 is 10.5 Å². The zero-order valence-corrected chi connectivity index (χ0v) is 22.7. The predicted molar refractivity (Wildman–Crippen MR) is 161 cm³/mol. The van der Waals surface area contributed by atoms with Crippen molar-refractivity contribution < 1.29 is 9.53 Å². The summed E-state index contributed by atoms with van der Waals surface area (Å²) in [6.07, 6.45) is 2.26. The number of carbonyl (C=O) groups is 1. The first-order valence-electron chi connectivity index (χ1n) is 12.5. The molecule has 0 saturated heterocycles. The number of nitrogens with one attached hydrogen (secondary N) is 1. The topological polar surface area (TPSA) is 120 Å². The SMILES string of the molecule is NC(=O)c1ccccc1CCC(SCCc1nnn[nH]1)c1cccc(OCc2ccc3ccc(Cl)cc3n2)c1.[NaH]. The van der Waals surface area contributed by atoms with Crippen LogP contribution in [0.3, 0.4) is 0 Å². The molecule has 0 aliphatic carbocycles. The first-order chi connectivity index (χ1) is 19.0. The second-order valence-corrected chi connectivity index (χ2v) is 10.8. The number of nitrogens with zero attached hydrogens (tertiary/aromatic N) is 4. The van der Waals surface area contributed by atoms with E-state index in [2.05, 4.69) is 37.7 Å². The van der Waals surface area contributed by atoms with Crippen molar-refractivity contribution in [1.82, 2.24) is 25.6 Å². The van der Waals surface area contributed by atoms with E-state index in [1.165, 1.54) is 0 Å². The number of hydrogen-bond acceptors (Lipinski definition) is 7. The number of hydrogen-bond donors (Lipinski definition) is 2. The first-order valence-corrected chi connectivity index (χ1v) is 14.0. The van der Waals surface area contributed by atoms with Crippen LogP contribution in [0.4, 0.5) is 0 Å². The van der Waals surface area contributed by atoms with E-state index in [0.29, 0.717) is 17.2 Å². The zero-order chi connectivity index (χ0) is 27.0. The number of pyridine rings is 1. The van der Waals surface area contributed by atoms with Crippen LogP contribution in [0.15, 0.2) is 78.9 Å². The number of aromatic amines is 1. The third-order valence-corrected chi connectivity index (χ3v) is 7.92. The van der Waals surface area contributed by atoms with Crippen molar-refractivity contribution in [3.8, 4) is 5.75 Å². The van der Waals surface area contributed by atoms with Crippen molar-refractivity contribution in [3.05, 3.63) is 112 Å². The van der Waals surface area contributed by atoms with Gasteiger partial charge in [-0.05, 0) is 70.8 Å². The molecule has 1 amide bonds. The number of primary amides is 1. The van der Waals surface area contributed by atoms with Gasteiger partial charge in [-0.3, -0.25) is 4.79 Å². The van der Waals surface area contributed by atoms with Gasteiger partial charge in [0, 0.05) is 33.4 Å². The van der Waals surface area contributed by atoms with E-state index in [1.807, 2.05) is 72.4 Å². The number of rotatable bonds is 12. The maximum atomic E-state index is 11.9. The maximum absolute atomic E-state index is 11.9. The molecule has 0 radical (unpaired) electrons. The van der Waals surface area contributed by atoms with Crippen molar-refractivity contribution in [2.45, 2.75) is 31.1 Å². The van der Waals surface area contributed by atoms with Crippen LogP contribution in [0.1, 0.15) is 44.7 Å². The van der Waals surface area contributed by atoms with E-state index in [9.17, 15) is 4.79 Å². The molecular weight excluding hydrogens is 555 g/mol. The Morgan fingerprint density at radius 3 is 2.70 bits per heavy atom. The molecule has 5 rings (SSSR count). The van der Waals surface area contributed by atoms with Gasteiger partial charge in [0.2, 0.25) is 5.91 Å². The molecule has 0 fully saturated rings. The van der Waals surface area contributed by atoms with Gasteiger partial charge in [-0.2, -0.15) is 11.8 Å². The molecule has 11 heteroatoms. The molecular formula is C29H28ClN6NaO2S. The predicted octanol–water partition coefficient (Wildman–Crippen LogP) is 5.08. The number of amides is 1.